The fourth-order valence-corrected chi connectivity index (χ4v) is 2.91. The quantitative estimate of drug-likeness (QED) is 0.672. The molecule has 0 bridgehead atoms. The summed E-state index contributed by atoms with van der Waals surface area (Å²) in [6, 6.07) is 5.48. The molecule has 0 aliphatic carbocycles. The van der Waals surface area contributed by atoms with E-state index in [1.165, 1.54) is 0 Å². The van der Waals surface area contributed by atoms with Gasteiger partial charge in [0.1, 0.15) is 17.0 Å². The third-order valence-electron chi connectivity index (χ3n) is 3.73. The van der Waals surface area contributed by atoms with Crippen molar-refractivity contribution in [1.29, 1.82) is 0 Å². The summed E-state index contributed by atoms with van der Waals surface area (Å²) < 4.78 is 10.7. The van der Waals surface area contributed by atoms with Gasteiger partial charge in [-0.25, -0.2) is 0 Å². The summed E-state index contributed by atoms with van der Waals surface area (Å²) in [5, 5.41) is 12.2. The second-order valence-electron chi connectivity index (χ2n) is 5.47. The van der Waals surface area contributed by atoms with Crippen molar-refractivity contribution < 1.29 is 9.05 Å². The third kappa shape index (κ3) is 3.98. The number of hydrogen-bond acceptors (Lipinski definition) is 6. The van der Waals surface area contributed by atoms with Crippen LogP contribution in [0, 0.1) is 6.92 Å². The zero-order valence-electron chi connectivity index (χ0n) is 13.8. The van der Waals surface area contributed by atoms with Gasteiger partial charge in [-0.15, -0.1) is 12.4 Å². The normalized spacial score (nSPS) is 12.0. The zero-order chi connectivity index (χ0) is 17.3. The van der Waals surface area contributed by atoms with Crippen molar-refractivity contribution in [3.05, 3.63) is 39.8 Å². The molecule has 6 nitrogen and oxygen atoms in total. The molecule has 9 heteroatoms. The Morgan fingerprint density at radius 2 is 1.80 bits per heavy atom. The van der Waals surface area contributed by atoms with Gasteiger partial charge in [0.15, 0.2) is 5.82 Å². The van der Waals surface area contributed by atoms with Crippen LogP contribution in [0.15, 0.2) is 27.2 Å². The number of rotatable bonds is 5. The molecule has 2 heterocycles. The van der Waals surface area contributed by atoms with Gasteiger partial charge < -0.3 is 14.4 Å². The number of aryl methyl sites for hydroxylation is 1. The highest BCUT2D eigenvalue weighted by molar-refractivity contribution is 6.39. The molecule has 0 fully saturated rings. The maximum atomic E-state index is 6.28. The lowest BCUT2D eigenvalue weighted by Crippen LogP contribution is -2.24. The van der Waals surface area contributed by atoms with Crippen molar-refractivity contribution in [3.63, 3.8) is 0 Å². The monoisotopic (exact) mass is 402 g/mol. The van der Waals surface area contributed by atoms with Crippen LogP contribution < -0.4 is 5.32 Å². The molecule has 0 aliphatic heterocycles. The first-order chi connectivity index (χ1) is 11.5. The van der Waals surface area contributed by atoms with Gasteiger partial charge in [0, 0.05) is 18.0 Å². The Kier molecular flexibility index (Phi) is 6.46. The van der Waals surface area contributed by atoms with Crippen LogP contribution in [-0.4, -0.2) is 28.4 Å². The lowest BCUT2D eigenvalue weighted by atomic mass is 10.1. The fourth-order valence-electron chi connectivity index (χ4n) is 2.33. The first kappa shape index (κ1) is 19.7. The summed E-state index contributed by atoms with van der Waals surface area (Å²) in [6.07, 6.45) is 0.645. The molecule has 2 aromatic heterocycles. The minimum Gasteiger partial charge on any atom is -0.360 e. The molecule has 1 atom stereocenters. The molecule has 1 aromatic carbocycles. The lowest BCUT2D eigenvalue weighted by Gasteiger charge is -2.05. The van der Waals surface area contributed by atoms with Gasteiger partial charge in [0.2, 0.25) is 0 Å². The van der Waals surface area contributed by atoms with Gasteiger partial charge >= 0.3 is 0 Å². The molecule has 3 rings (SSSR count). The molecule has 25 heavy (non-hydrogen) atoms. The molecule has 0 spiro atoms. The molecule has 134 valence electrons. The average molecular weight is 404 g/mol. The maximum Gasteiger partial charge on any atom is 0.263 e. The SMILES string of the molecule is CNC(C)Cc1noc(-c2c(-c3c(Cl)cccc3Cl)noc2C)n1.Cl. The molecular formula is C16H17Cl3N4O2. The Morgan fingerprint density at radius 1 is 1.12 bits per heavy atom. The number of nitrogens with zero attached hydrogens (tertiary/aromatic N) is 3. The summed E-state index contributed by atoms with van der Waals surface area (Å²) in [5.41, 5.74) is 1.66. The third-order valence-corrected chi connectivity index (χ3v) is 4.36. The largest absolute Gasteiger partial charge is 0.360 e. The van der Waals surface area contributed by atoms with E-state index in [2.05, 4.69) is 20.6 Å². The molecular weight excluding hydrogens is 387 g/mol. The van der Waals surface area contributed by atoms with Gasteiger partial charge in [-0.1, -0.05) is 39.6 Å². The van der Waals surface area contributed by atoms with E-state index in [0.29, 0.717) is 50.8 Å². The average Bonchev–Trinajstić information content (AvgIpc) is 3.14. The zero-order valence-corrected chi connectivity index (χ0v) is 16.2. The first-order valence-electron chi connectivity index (χ1n) is 7.42. The van der Waals surface area contributed by atoms with E-state index in [4.69, 9.17) is 32.2 Å². The van der Waals surface area contributed by atoms with Gasteiger partial charge in [0.05, 0.1) is 10.0 Å². The van der Waals surface area contributed by atoms with Gasteiger partial charge in [-0.05, 0) is 33.0 Å². The van der Waals surface area contributed by atoms with Crippen molar-refractivity contribution in [3.8, 4) is 22.7 Å². The minimum absolute atomic E-state index is 0. The number of halogens is 3. The van der Waals surface area contributed by atoms with E-state index in [1.54, 1.807) is 25.1 Å². The Bertz CT molecular complexity index is 843. The smallest absolute Gasteiger partial charge is 0.263 e. The number of hydrogen-bond donors (Lipinski definition) is 1. The fraction of sp³-hybridized carbons (Fsp3) is 0.312. The van der Waals surface area contributed by atoms with E-state index in [0.717, 1.165) is 0 Å². The summed E-state index contributed by atoms with van der Waals surface area (Å²) in [4.78, 5) is 4.44. The van der Waals surface area contributed by atoms with Crippen LogP contribution >= 0.6 is 35.6 Å². The van der Waals surface area contributed by atoms with E-state index in [9.17, 15) is 0 Å². The van der Waals surface area contributed by atoms with E-state index >= 15 is 0 Å². The molecule has 0 amide bonds. The Morgan fingerprint density at radius 3 is 2.44 bits per heavy atom. The van der Waals surface area contributed by atoms with E-state index in [-0.39, 0.29) is 18.4 Å². The Balaban J connectivity index is 0.00000225. The molecule has 3 aromatic rings. The highest BCUT2D eigenvalue weighted by atomic mass is 35.5. The van der Waals surface area contributed by atoms with Crippen molar-refractivity contribution in [2.45, 2.75) is 26.3 Å². The van der Waals surface area contributed by atoms with Crippen molar-refractivity contribution >= 4 is 35.6 Å². The molecule has 1 N–H and O–H groups in total. The highest BCUT2D eigenvalue weighted by Gasteiger charge is 2.25. The molecule has 0 saturated heterocycles. The van der Waals surface area contributed by atoms with Crippen LogP contribution in [0.25, 0.3) is 22.7 Å². The summed E-state index contributed by atoms with van der Waals surface area (Å²) in [6.45, 7) is 3.81. The van der Waals surface area contributed by atoms with Crippen LogP contribution in [0.1, 0.15) is 18.5 Å². The van der Waals surface area contributed by atoms with Crippen LogP contribution in [0.3, 0.4) is 0 Å². The van der Waals surface area contributed by atoms with Crippen molar-refractivity contribution in [2.24, 2.45) is 0 Å². The van der Waals surface area contributed by atoms with Gasteiger partial charge in [-0.3, -0.25) is 0 Å². The lowest BCUT2D eigenvalue weighted by molar-refractivity contribution is 0.396. The predicted octanol–water partition coefficient (Wildman–Crippen LogP) is 4.58. The second-order valence-corrected chi connectivity index (χ2v) is 6.28. The number of aromatic nitrogens is 3. The maximum absolute atomic E-state index is 6.28. The van der Waals surface area contributed by atoms with Crippen LogP contribution in [-0.2, 0) is 6.42 Å². The van der Waals surface area contributed by atoms with Crippen LogP contribution in [0.4, 0.5) is 0 Å². The topological polar surface area (TPSA) is 77.0 Å². The highest BCUT2D eigenvalue weighted by Crippen LogP contribution is 2.40. The number of likely N-dealkylation sites (N-methyl/N-ethyl adjacent to an activating group) is 1. The van der Waals surface area contributed by atoms with Crippen LogP contribution in [0.2, 0.25) is 10.0 Å². The molecule has 0 aliphatic rings. The van der Waals surface area contributed by atoms with E-state index < -0.39 is 0 Å². The first-order valence-corrected chi connectivity index (χ1v) is 8.17. The standard InChI is InChI=1S/C16H16Cl2N4O2.ClH/c1-8(19-3)7-12-20-16(24-21-12)13-9(2)23-22-15(13)14-10(17)5-4-6-11(14)18;/h4-6,8,19H,7H2,1-3H3;1H. The van der Waals surface area contributed by atoms with Crippen molar-refractivity contribution in [1.82, 2.24) is 20.6 Å². The minimum atomic E-state index is 0. The second kappa shape index (κ2) is 8.19. The summed E-state index contributed by atoms with van der Waals surface area (Å²) in [5.74, 6) is 1.49. The predicted molar refractivity (Wildman–Crippen MR) is 99.5 cm³/mol. The Hall–Kier alpha value is -1.60. The van der Waals surface area contributed by atoms with Gasteiger partial charge in [-0.2, -0.15) is 4.98 Å². The number of nitrogens with one attached hydrogen (secondary N) is 1. The number of benzene rings is 1. The Labute approximate surface area is 161 Å². The molecule has 0 saturated carbocycles. The van der Waals surface area contributed by atoms with Crippen LogP contribution in [0.5, 0.6) is 0 Å². The van der Waals surface area contributed by atoms with E-state index in [1.807, 2.05) is 14.0 Å². The summed E-state index contributed by atoms with van der Waals surface area (Å²) >= 11 is 12.6. The molecule has 0 radical (unpaired) electrons. The van der Waals surface area contributed by atoms with Gasteiger partial charge in [0.25, 0.3) is 5.89 Å². The summed E-state index contributed by atoms with van der Waals surface area (Å²) in [7, 11) is 1.88. The molecule has 1 unspecified atom stereocenters. The van der Waals surface area contributed by atoms with Crippen molar-refractivity contribution in [2.75, 3.05) is 7.05 Å².